The van der Waals surface area contributed by atoms with Gasteiger partial charge < -0.3 is 15.4 Å². The Morgan fingerprint density at radius 3 is 2.27 bits per heavy atom. The van der Waals surface area contributed by atoms with Gasteiger partial charge in [-0.05, 0) is 25.2 Å². The molecule has 0 aromatic rings. The zero-order valence-electron chi connectivity index (χ0n) is 16.8. The number of unbranched alkanes of at least 4 members (excludes halogenated alkanes) is 3. The molecule has 156 valence electrons. The van der Waals surface area contributed by atoms with E-state index in [-0.39, 0.29) is 24.0 Å². The summed E-state index contributed by atoms with van der Waals surface area (Å²) < 4.78 is 29.1. The van der Waals surface area contributed by atoms with E-state index in [2.05, 4.69) is 29.5 Å². The van der Waals surface area contributed by atoms with E-state index in [1.165, 1.54) is 31.9 Å². The molecule has 26 heavy (non-hydrogen) atoms. The standard InChI is InChI=1S/C18H37N3O3S.HI/c1-16(2)9-7-5-6-8-12-20-17(19-3)21-15-18(25(4,22)23)10-13-24-14-11-18;/h16H,5-15H2,1-4H3,(H2,19,20,21);1H. The number of hydrogen-bond donors (Lipinski definition) is 2. The molecule has 0 unspecified atom stereocenters. The summed E-state index contributed by atoms with van der Waals surface area (Å²) in [7, 11) is -1.44. The average Bonchev–Trinajstić information content (AvgIpc) is 2.56. The third-order valence-electron chi connectivity index (χ3n) is 4.99. The van der Waals surface area contributed by atoms with Crippen LogP contribution >= 0.6 is 24.0 Å². The number of aliphatic imine (C=N–C) groups is 1. The van der Waals surface area contributed by atoms with E-state index in [0.717, 1.165) is 18.9 Å². The molecule has 1 fully saturated rings. The smallest absolute Gasteiger partial charge is 0.191 e. The van der Waals surface area contributed by atoms with Crippen LogP contribution in [0.1, 0.15) is 58.8 Å². The topological polar surface area (TPSA) is 79.8 Å². The van der Waals surface area contributed by atoms with Crippen LogP contribution in [0.4, 0.5) is 0 Å². The highest BCUT2D eigenvalue weighted by Crippen LogP contribution is 2.28. The van der Waals surface area contributed by atoms with Gasteiger partial charge in [0.1, 0.15) is 0 Å². The van der Waals surface area contributed by atoms with E-state index >= 15 is 0 Å². The highest BCUT2D eigenvalue weighted by molar-refractivity contribution is 14.0. The molecule has 1 heterocycles. The molecule has 6 nitrogen and oxygen atoms in total. The van der Waals surface area contributed by atoms with Crippen LogP contribution in [0.2, 0.25) is 0 Å². The van der Waals surface area contributed by atoms with Crippen LogP contribution in [-0.4, -0.2) is 58.7 Å². The van der Waals surface area contributed by atoms with Gasteiger partial charge in [-0.25, -0.2) is 8.42 Å². The van der Waals surface area contributed by atoms with Crippen molar-refractivity contribution in [3.05, 3.63) is 0 Å². The molecular formula is C18H38IN3O3S. The molecule has 1 aliphatic heterocycles. The molecule has 0 aromatic carbocycles. The predicted molar refractivity (Wildman–Crippen MR) is 120 cm³/mol. The normalized spacial score (nSPS) is 17.7. The minimum atomic E-state index is -3.16. The number of ether oxygens (including phenoxy) is 1. The molecule has 0 atom stereocenters. The Balaban J connectivity index is 0.00000625. The number of nitrogens with one attached hydrogen (secondary N) is 2. The van der Waals surface area contributed by atoms with Crippen LogP contribution in [0.5, 0.6) is 0 Å². The second kappa shape index (κ2) is 13.1. The van der Waals surface area contributed by atoms with Gasteiger partial charge in [0.05, 0.1) is 4.75 Å². The number of nitrogens with zero attached hydrogens (tertiary/aromatic N) is 1. The lowest BCUT2D eigenvalue weighted by Crippen LogP contribution is -2.53. The maximum Gasteiger partial charge on any atom is 0.191 e. The van der Waals surface area contributed by atoms with Crippen molar-refractivity contribution in [1.82, 2.24) is 10.6 Å². The largest absolute Gasteiger partial charge is 0.381 e. The van der Waals surface area contributed by atoms with Crippen LogP contribution < -0.4 is 10.6 Å². The SMILES string of the molecule is CN=C(NCCCCCCC(C)C)NCC1(S(C)(=O)=O)CCOCC1.I. The van der Waals surface area contributed by atoms with Crippen molar-refractivity contribution in [2.75, 3.05) is 39.6 Å². The maximum atomic E-state index is 12.3. The van der Waals surface area contributed by atoms with Crippen LogP contribution in [0, 0.1) is 5.92 Å². The lowest BCUT2D eigenvalue weighted by molar-refractivity contribution is 0.0756. The average molecular weight is 503 g/mol. The molecule has 0 aliphatic carbocycles. The molecular weight excluding hydrogens is 465 g/mol. The predicted octanol–water partition coefficient (Wildman–Crippen LogP) is 2.97. The van der Waals surface area contributed by atoms with E-state index in [1.54, 1.807) is 7.05 Å². The quantitative estimate of drug-likeness (QED) is 0.208. The van der Waals surface area contributed by atoms with Gasteiger partial charge in [0.15, 0.2) is 15.8 Å². The summed E-state index contributed by atoms with van der Waals surface area (Å²) in [6, 6.07) is 0. The van der Waals surface area contributed by atoms with E-state index < -0.39 is 14.6 Å². The van der Waals surface area contributed by atoms with Crippen molar-refractivity contribution >= 4 is 39.8 Å². The molecule has 1 aliphatic rings. The number of halogens is 1. The first-order chi connectivity index (χ1) is 11.8. The minimum Gasteiger partial charge on any atom is -0.381 e. The fraction of sp³-hybridized carbons (Fsp3) is 0.944. The van der Waals surface area contributed by atoms with Crippen molar-refractivity contribution in [3.63, 3.8) is 0 Å². The van der Waals surface area contributed by atoms with Gasteiger partial charge in [0.2, 0.25) is 0 Å². The van der Waals surface area contributed by atoms with Gasteiger partial charge in [-0.1, -0.05) is 39.5 Å². The number of sulfone groups is 1. The third kappa shape index (κ3) is 9.21. The maximum absolute atomic E-state index is 12.3. The number of rotatable bonds is 10. The molecule has 2 N–H and O–H groups in total. The molecule has 0 saturated carbocycles. The molecule has 0 bridgehead atoms. The van der Waals surface area contributed by atoms with Crippen LogP contribution in [0.3, 0.4) is 0 Å². The second-order valence-corrected chi connectivity index (χ2v) is 9.93. The first-order valence-corrected chi connectivity index (χ1v) is 11.4. The Morgan fingerprint density at radius 2 is 1.73 bits per heavy atom. The summed E-state index contributed by atoms with van der Waals surface area (Å²) >= 11 is 0. The van der Waals surface area contributed by atoms with Gasteiger partial charge >= 0.3 is 0 Å². The van der Waals surface area contributed by atoms with Crippen LogP contribution in [0.25, 0.3) is 0 Å². The van der Waals surface area contributed by atoms with Crippen LogP contribution in [0.15, 0.2) is 4.99 Å². The highest BCUT2D eigenvalue weighted by atomic mass is 127. The van der Waals surface area contributed by atoms with Gasteiger partial charge in [0, 0.05) is 39.6 Å². The number of hydrogen-bond acceptors (Lipinski definition) is 4. The van der Waals surface area contributed by atoms with Crippen LogP contribution in [-0.2, 0) is 14.6 Å². The first kappa shape index (κ1) is 25.9. The van der Waals surface area contributed by atoms with E-state index in [9.17, 15) is 8.42 Å². The van der Waals surface area contributed by atoms with E-state index in [0.29, 0.717) is 38.6 Å². The van der Waals surface area contributed by atoms with Gasteiger partial charge in [-0.15, -0.1) is 24.0 Å². The highest BCUT2D eigenvalue weighted by Gasteiger charge is 2.42. The Morgan fingerprint density at radius 1 is 1.12 bits per heavy atom. The molecule has 1 saturated heterocycles. The molecule has 0 amide bonds. The zero-order valence-corrected chi connectivity index (χ0v) is 20.0. The Labute approximate surface area is 177 Å². The summed E-state index contributed by atoms with van der Waals surface area (Å²) in [5.74, 6) is 1.46. The Kier molecular flexibility index (Phi) is 13.1. The Bertz CT molecular complexity index is 504. The van der Waals surface area contributed by atoms with Crippen molar-refractivity contribution in [1.29, 1.82) is 0 Å². The fourth-order valence-corrected chi connectivity index (χ4v) is 4.37. The summed E-state index contributed by atoms with van der Waals surface area (Å²) in [4.78, 5) is 4.21. The summed E-state index contributed by atoms with van der Waals surface area (Å²) in [6.45, 7) is 6.76. The lowest BCUT2D eigenvalue weighted by Gasteiger charge is -2.35. The third-order valence-corrected chi connectivity index (χ3v) is 7.12. The van der Waals surface area contributed by atoms with Gasteiger partial charge in [0.25, 0.3) is 0 Å². The van der Waals surface area contributed by atoms with Crippen molar-refractivity contribution < 1.29 is 13.2 Å². The number of guanidine groups is 1. The second-order valence-electron chi connectivity index (χ2n) is 7.52. The molecule has 0 spiro atoms. The summed E-state index contributed by atoms with van der Waals surface area (Å²) in [5.41, 5.74) is 0. The first-order valence-electron chi connectivity index (χ1n) is 9.52. The molecule has 8 heteroatoms. The lowest BCUT2D eigenvalue weighted by atomic mass is 9.99. The molecule has 0 aromatic heterocycles. The van der Waals surface area contributed by atoms with Gasteiger partial charge in [-0.3, -0.25) is 4.99 Å². The van der Waals surface area contributed by atoms with Gasteiger partial charge in [-0.2, -0.15) is 0 Å². The fourth-order valence-electron chi connectivity index (χ4n) is 3.13. The van der Waals surface area contributed by atoms with E-state index in [1.807, 2.05) is 0 Å². The molecule has 0 radical (unpaired) electrons. The monoisotopic (exact) mass is 503 g/mol. The van der Waals surface area contributed by atoms with Crippen molar-refractivity contribution in [3.8, 4) is 0 Å². The zero-order chi connectivity index (χ0) is 18.8. The summed E-state index contributed by atoms with van der Waals surface area (Å²) in [5, 5.41) is 6.50. The van der Waals surface area contributed by atoms with E-state index in [4.69, 9.17) is 4.74 Å². The Hall–Kier alpha value is -0.0900. The van der Waals surface area contributed by atoms with Crippen molar-refractivity contribution in [2.45, 2.75) is 63.5 Å². The summed E-state index contributed by atoms with van der Waals surface area (Å²) in [6.07, 6.45) is 8.57. The molecule has 1 rings (SSSR count). The van der Waals surface area contributed by atoms with Crippen molar-refractivity contribution in [2.24, 2.45) is 10.9 Å². The minimum absolute atomic E-state index is 0.